The monoisotopic (exact) mass is 214 g/mol. The number of allylic oxidation sites excluding steroid dienone is 1. The van der Waals surface area contributed by atoms with E-state index in [1.807, 2.05) is 0 Å². The molecule has 0 rings (SSSR count). The van der Waals surface area contributed by atoms with Gasteiger partial charge in [0, 0.05) is 5.57 Å². The number of carboxylic acid groups (broad SMARTS) is 1. The second-order valence-electron chi connectivity index (χ2n) is 3.14. The fourth-order valence-electron chi connectivity index (χ4n) is 0.823. The van der Waals surface area contributed by atoms with Crippen LogP contribution < -0.4 is 0 Å². The summed E-state index contributed by atoms with van der Waals surface area (Å²) < 4.78 is 10.3. The first kappa shape index (κ1) is 13.7. The first-order valence-electron chi connectivity index (χ1n) is 4.80. The molecule has 0 heterocycles. The van der Waals surface area contributed by atoms with Gasteiger partial charge in [-0.15, -0.1) is 0 Å². The van der Waals surface area contributed by atoms with Crippen molar-refractivity contribution in [2.24, 2.45) is 0 Å². The minimum atomic E-state index is -0.888. The van der Waals surface area contributed by atoms with E-state index in [1.54, 1.807) is 19.9 Å². The maximum Gasteiger partial charge on any atom is 0.330 e. The van der Waals surface area contributed by atoms with Crippen LogP contribution >= 0.6 is 0 Å². The Bertz CT molecular complexity index is 243. The van der Waals surface area contributed by atoms with E-state index in [9.17, 15) is 4.79 Å². The van der Waals surface area contributed by atoms with Crippen molar-refractivity contribution in [2.45, 2.75) is 20.3 Å². The molecule has 0 aliphatic rings. The molecular formula is C11H18O4. The lowest BCUT2D eigenvalue weighted by Gasteiger charge is -2.05. The summed E-state index contributed by atoms with van der Waals surface area (Å²) in [5.74, 6) is -0.221. The quantitative estimate of drug-likeness (QED) is 0.381. The zero-order chi connectivity index (χ0) is 11.7. The van der Waals surface area contributed by atoms with Gasteiger partial charge in [-0.3, -0.25) is 0 Å². The summed E-state index contributed by atoms with van der Waals surface area (Å²) >= 11 is 0. The van der Waals surface area contributed by atoms with Crippen LogP contribution in [0.4, 0.5) is 0 Å². The molecule has 0 amide bonds. The van der Waals surface area contributed by atoms with Gasteiger partial charge < -0.3 is 14.6 Å². The van der Waals surface area contributed by atoms with E-state index in [0.29, 0.717) is 37.6 Å². The number of hydrogen-bond acceptors (Lipinski definition) is 3. The van der Waals surface area contributed by atoms with Gasteiger partial charge in [-0.05, 0) is 20.3 Å². The topological polar surface area (TPSA) is 55.8 Å². The Balaban J connectivity index is 3.36. The van der Waals surface area contributed by atoms with Gasteiger partial charge in [0.05, 0.1) is 19.0 Å². The van der Waals surface area contributed by atoms with E-state index < -0.39 is 5.97 Å². The van der Waals surface area contributed by atoms with Gasteiger partial charge in [0.25, 0.3) is 0 Å². The van der Waals surface area contributed by atoms with Crippen LogP contribution in [-0.2, 0) is 14.3 Å². The third kappa shape index (κ3) is 9.02. The zero-order valence-corrected chi connectivity index (χ0v) is 9.28. The molecule has 4 heteroatoms. The minimum absolute atomic E-state index is 0.344. The van der Waals surface area contributed by atoms with Crippen LogP contribution in [0.2, 0.25) is 0 Å². The molecule has 0 aromatic rings. The van der Waals surface area contributed by atoms with Gasteiger partial charge >= 0.3 is 5.97 Å². The number of aliphatic carboxylic acids is 1. The smallest absolute Gasteiger partial charge is 0.330 e. The Hall–Kier alpha value is -1.29. The normalized spacial score (nSPS) is 11.2. The predicted octanol–water partition coefficient (Wildman–Crippen LogP) is 1.97. The second-order valence-corrected chi connectivity index (χ2v) is 3.14. The SMILES string of the molecule is C=C(C)OCCOCCC=C(C)C(=O)O. The van der Waals surface area contributed by atoms with E-state index in [1.165, 1.54) is 0 Å². The molecule has 0 aromatic carbocycles. The van der Waals surface area contributed by atoms with Crippen molar-refractivity contribution in [2.75, 3.05) is 19.8 Å². The van der Waals surface area contributed by atoms with E-state index in [4.69, 9.17) is 14.6 Å². The Labute approximate surface area is 90.2 Å². The highest BCUT2D eigenvalue weighted by Gasteiger charge is 1.97. The highest BCUT2D eigenvalue weighted by atomic mass is 16.5. The lowest BCUT2D eigenvalue weighted by Crippen LogP contribution is -2.04. The molecule has 15 heavy (non-hydrogen) atoms. The Morgan fingerprint density at radius 3 is 2.53 bits per heavy atom. The molecule has 0 aromatic heterocycles. The van der Waals surface area contributed by atoms with Crippen LogP contribution in [-0.4, -0.2) is 30.9 Å². The molecule has 86 valence electrons. The summed E-state index contributed by atoms with van der Waals surface area (Å²) in [6.45, 7) is 8.40. The zero-order valence-electron chi connectivity index (χ0n) is 9.28. The van der Waals surface area contributed by atoms with Crippen LogP contribution in [0, 0.1) is 0 Å². The summed E-state index contributed by atoms with van der Waals surface area (Å²) in [5, 5.41) is 8.55. The van der Waals surface area contributed by atoms with Crippen molar-refractivity contribution in [3.05, 3.63) is 24.0 Å². The highest BCUT2D eigenvalue weighted by Crippen LogP contribution is 1.96. The molecule has 0 aliphatic heterocycles. The van der Waals surface area contributed by atoms with Gasteiger partial charge in [-0.1, -0.05) is 12.7 Å². The minimum Gasteiger partial charge on any atom is -0.496 e. The maximum atomic E-state index is 10.4. The number of carboxylic acids is 1. The lowest BCUT2D eigenvalue weighted by molar-refractivity contribution is -0.132. The Morgan fingerprint density at radius 2 is 2.00 bits per heavy atom. The molecule has 0 atom stereocenters. The molecule has 0 fully saturated rings. The van der Waals surface area contributed by atoms with Crippen molar-refractivity contribution in [1.82, 2.24) is 0 Å². The Kier molecular flexibility index (Phi) is 7.36. The van der Waals surface area contributed by atoms with Crippen molar-refractivity contribution in [1.29, 1.82) is 0 Å². The van der Waals surface area contributed by atoms with Gasteiger partial charge in [-0.2, -0.15) is 0 Å². The molecule has 0 saturated heterocycles. The van der Waals surface area contributed by atoms with E-state index in [-0.39, 0.29) is 0 Å². The summed E-state index contributed by atoms with van der Waals surface area (Å²) in [6.07, 6.45) is 2.24. The standard InChI is InChI=1S/C11H18O4/c1-9(2)15-8-7-14-6-4-5-10(3)11(12)13/h5H,1,4,6-8H2,2-3H3,(H,12,13). The average molecular weight is 214 g/mol. The summed E-state index contributed by atoms with van der Waals surface area (Å²) in [4.78, 5) is 10.4. The number of carbonyl (C=O) groups is 1. The maximum absolute atomic E-state index is 10.4. The van der Waals surface area contributed by atoms with Gasteiger partial charge in [0.1, 0.15) is 6.61 Å². The molecule has 0 aliphatic carbocycles. The Morgan fingerprint density at radius 1 is 1.33 bits per heavy atom. The van der Waals surface area contributed by atoms with Crippen LogP contribution in [0.1, 0.15) is 20.3 Å². The van der Waals surface area contributed by atoms with Gasteiger partial charge in [-0.25, -0.2) is 4.79 Å². The van der Waals surface area contributed by atoms with Gasteiger partial charge in [0.2, 0.25) is 0 Å². The lowest BCUT2D eigenvalue weighted by atomic mass is 10.2. The molecule has 1 N–H and O–H groups in total. The van der Waals surface area contributed by atoms with E-state index in [0.717, 1.165) is 0 Å². The summed E-state index contributed by atoms with van der Waals surface area (Å²) in [5.41, 5.74) is 0.344. The number of ether oxygens (including phenoxy) is 2. The molecule has 0 spiro atoms. The molecule has 0 unspecified atom stereocenters. The van der Waals surface area contributed by atoms with Crippen LogP contribution in [0.25, 0.3) is 0 Å². The number of rotatable bonds is 8. The van der Waals surface area contributed by atoms with Crippen LogP contribution in [0.3, 0.4) is 0 Å². The summed E-state index contributed by atoms with van der Waals surface area (Å²) in [7, 11) is 0. The fourth-order valence-corrected chi connectivity index (χ4v) is 0.823. The first-order chi connectivity index (χ1) is 7.04. The van der Waals surface area contributed by atoms with Crippen molar-refractivity contribution in [3.8, 4) is 0 Å². The second kappa shape index (κ2) is 8.05. The largest absolute Gasteiger partial charge is 0.496 e. The summed E-state index contributed by atoms with van der Waals surface area (Å²) in [6, 6.07) is 0. The molecule has 4 nitrogen and oxygen atoms in total. The average Bonchev–Trinajstić information content (AvgIpc) is 2.15. The third-order valence-corrected chi connectivity index (χ3v) is 1.63. The first-order valence-corrected chi connectivity index (χ1v) is 4.80. The third-order valence-electron chi connectivity index (χ3n) is 1.63. The predicted molar refractivity (Wildman–Crippen MR) is 57.6 cm³/mol. The van der Waals surface area contributed by atoms with Crippen LogP contribution in [0.5, 0.6) is 0 Å². The van der Waals surface area contributed by atoms with Crippen molar-refractivity contribution >= 4 is 5.97 Å². The fraction of sp³-hybridized carbons (Fsp3) is 0.545. The molecule has 0 radical (unpaired) electrons. The van der Waals surface area contributed by atoms with Gasteiger partial charge in [0.15, 0.2) is 0 Å². The molecule has 0 bridgehead atoms. The van der Waals surface area contributed by atoms with Crippen molar-refractivity contribution in [3.63, 3.8) is 0 Å². The molecular weight excluding hydrogens is 196 g/mol. The number of hydrogen-bond donors (Lipinski definition) is 1. The van der Waals surface area contributed by atoms with Crippen molar-refractivity contribution < 1.29 is 19.4 Å². The highest BCUT2D eigenvalue weighted by molar-refractivity contribution is 5.85. The molecule has 0 saturated carbocycles. The van der Waals surface area contributed by atoms with Crippen LogP contribution in [0.15, 0.2) is 24.0 Å². The van der Waals surface area contributed by atoms with E-state index >= 15 is 0 Å². The van der Waals surface area contributed by atoms with E-state index in [2.05, 4.69) is 6.58 Å².